The van der Waals surface area contributed by atoms with Gasteiger partial charge in [0, 0.05) is 37.4 Å². The molecule has 35 heavy (non-hydrogen) atoms. The second-order valence-corrected chi connectivity index (χ2v) is 9.89. The molecule has 0 saturated carbocycles. The van der Waals surface area contributed by atoms with E-state index in [1.165, 1.54) is 12.3 Å². The lowest BCUT2D eigenvalue weighted by Gasteiger charge is -2.42. The molecule has 3 aromatic rings. The number of esters is 1. The third-order valence-corrected chi connectivity index (χ3v) is 7.93. The van der Waals surface area contributed by atoms with Crippen molar-refractivity contribution in [2.24, 2.45) is 11.1 Å². The first-order valence-electron chi connectivity index (χ1n) is 11.5. The zero-order valence-corrected chi connectivity index (χ0v) is 20.4. The number of fused-ring (bicyclic) bond motifs is 1. The molecule has 5 rings (SSSR count). The summed E-state index contributed by atoms with van der Waals surface area (Å²) in [7, 11) is 0. The number of hydrogen-bond acceptors (Lipinski definition) is 10. The summed E-state index contributed by atoms with van der Waals surface area (Å²) in [4.78, 5) is 28.2. The van der Waals surface area contributed by atoms with Crippen molar-refractivity contribution in [3.05, 3.63) is 47.4 Å². The van der Waals surface area contributed by atoms with Gasteiger partial charge in [-0.15, -0.1) is 0 Å². The fraction of sp³-hybridized carbons (Fsp3) is 0.435. The predicted octanol–water partition coefficient (Wildman–Crippen LogP) is 2.73. The molecule has 10 nitrogen and oxygen atoms in total. The number of hydrogen-bond donors (Lipinski definition) is 2. The molecule has 0 aromatic carbocycles. The number of rotatable bonds is 5. The third-order valence-electron chi connectivity index (χ3n) is 6.82. The zero-order valence-electron chi connectivity index (χ0n) is 19.6. The molecule has 0 aliphatic carbocycles. The first kappa shape index (κ1) is 23.5. The van der Waals surface area contributed by atoms with Crippen molar-refractivity contribution >= 4 is 29.4 Å². The van der Waals surface area contributed by atoms with E-state index < -0.39 is 11.8 Å². The van der Waals surface area contributed by atoms with E-state index in [-0.39, 0.29) is 34.5 Å². The van der Waals surface area contributed by atoms with Gasteiger partial charge in [0.25, 0.3) is 0 Å². The minimum atomic E-state index is -0.630. The highest BCUT2D eigenvalue weighted by molar-refractivity contribution is 7.99. The van der Waals surface area contributed by atoms with Crippen LogP contribution in [0.2, 0.25) is 0 Å². The summed E-state index contributed by atoms with van der Waals surface area (Å²) in [5.74, 6) is -0.921. The maximum absolute atomic E-state index is 14.4. The molecule has 3 aromatic heterocycles. The quantitative estimate of drug-likeness (QED) is 0.505. The molecule has 1 atom stereocenters. The molecule has 4 N–H and O–H groups in total. The lowest BCUT2D eigenvalue weighted by atomic mass is 9.73. The number of carbonyl (C=O) groups is 1. The number of nitrogens with zero attached hydrogens (tertiary/aromatic N) is 6. The highest BCUT2D eigenvalue weighted by Crippen LogP contribution is 2.48. The molecule has 0 bridgehead atoms. The van der Waals surface area contributed by atoms with Crippen molar-refractivity contribution in [1.29, 1.82) is 0 Å². The van der Waals surface area contributed by atoms with Crippen molar-refractivity contribution in [1.82, 2.24) is 24.7 Å². The van der Waals surface area contributed by atoms with Gasteiger partial charge < -0.3 is 21.1 Å². The summed E-state index contributed by atoms with van der Waals surface area (Å²) >= 11 is 1.05. The number of aryl methyl sites for hydroxylation is 1. The Morgan fingerprint density at radius 1 is 1.29 bits per heavy atom. The molecule has 0 radical (unpaired) electrons. The van der Waals surface area contributed by atoms with E-state index in [1.54, 1.807) is 20.0 Å². The average Bonchev–Trinajstić information content (AvgIpc) is 3.39. The molecule has 2 aliphatic rings. The molecule has 0 amide bonds. The molecular weight excluding hydrogens is 471 g/mol. The van der Waals surface area contributed by atoms with Gasteiger partial charge in [-0.1, -0.05) is 11.8 Å². The standard InChI is InChI=1S/C23H27FN8O2S/c1-3-34-22(33)17-20(29-13(2)21(30-17)35-15-5-8-27-19(26)16(15)24)31-10-6-23(7-11-31)12-32-14(18(23)25)4-9-28-32/h4-5,8-9,18H,3,6-7,10-12,25H2,1-2H3,(H2,26,27)/t18-/m1/s1. The van der Waals surface area contributed by atoms with E-state index in [0.717, 1.165) is 36.8 Å². The minimum Gasteiger partial charge on any atom is -0.461 e. The van der Waals surface area contributed by atoms with Crippen LogP contribution >= 0.6 is 11.8 Å². The van der Waals surface area contributed by atoms with E-state index in [9.17, 15) is 9.18 Å². The summed E-state index contributed by atoms with van der Waals surface area (Å²) < 4.78 is 21.7. The summed E-state index contributed by atoms with van der Waals surface area (Å²) in [5, 5.41) is 4.80. The molecule has 184 valence electrons. The monoisotopic (exact) mass is 498 g/mol. The number of aromatic nitrogens is 5. The highest BCUT2D eigenvalue weighted by Gasteiger charge is 2.47. The number of nitrogens with two attached hydrogens (primary N) is 2. The van der Waals surface area contributed by atoms with Crippen molar-refractivity contribution < 1.29 is 13.9 Å². The Balaban J connectivity index is 1.43. The predicted molar refractivity (Wildman–Crippen MR) is 128 cm³/mol. The summed E-state index contributed by atoms with van der Waals surface area (Å²) in [6, 6.07) is 3.41. The zero-order chi connectivity index (χ0) is 24.7. The van der Waals surface area contributed by atoms with Gasteiger partial charge in [-0.05, 0) is 38.8 Å². The second-order valence-electron chi connectivity index (χ2n) is 8.86. The van der Waals surface area contributed by atoms with Gasteiger partial charge in [0.15, 0.2) is 23.1 Å². The van der Waals surface area contributed by atoms with Crippen LogP contribution in [0, 0.1) is 18.2 Å². The molecule has 2 aliphatic heterocycles. The van der Waals surface area contributed by atoms with Crippen molar-refractivity contribution in [2.45, 2.75) is 49.2 Å². The largest absolute Gasteiger partial charge is 0.461 e. The maximum atomic E-state index is 14.4. The molecule has 12 heteroatoms. The van der Waals surface area contributed by atoms with Crippen LogP contribution in [0.15, 0.2) is 34.4 Å². The Kier molecular flexibility index (Phi) is 6.09. The Labute approximate surface area is 206 Å². The van der Waals surface area contributed by atoms with Gasteiger partial charge in [0.05, 0.1) is 28.9 Å². The number of piperidine rings is 1. The number of ether oxygens (including phenoxy) is 1. The SMILES string of the molecule is CCOC(=O)c1nc(Sc2ccnc(N)c2F)c(C)nc1N1CCC2(CC1)Cn1nccc1[C@H]2N. The van der Waals surface area contributed by atoms with Crippen LogP contribution in [0.5, 0.6) is 0 Å². The van der Waals surface area contributed by atoms with Crippen LogP contribution < -0.4 is 16.4 Å². The Bertz CT molecular complexity index is 1270. The van der Waals surface area contributed by atoms with Crippen molar-refractivity contribution in [3.63, 3.8) is 0 Å². The van der Waals surface area contributed by atoms with Gasteiger partial charge in [-0.3, -0.25) is 4.68 Å². The summed E-state index contributed by atoms with van der Waals surface area (Å²) in [6.45, 7) is 5.85. The van der Waals surface area contributed by atoms with Crippen LogP contribution in [-0.4, -0.2) is 50.4 Å². The van der Waals surface area contributed by atoms with E-state index in [1.807, 2.05) is 10.7 Å². The van der Waals surface area contributed by atoms with Crippen LogP contribution in [-0.2, 0) is 11.3 Å². The first-order valence-corrected chi connectivity index (χ1v) is 12.3. The first-order chi connectivity index (χ1) is 16.8. The molecule has 5 heterocycles. The smallest absolute Gasteiger partial charge is 0.360 e. The van der Waals surface area contributed by atoms with Crippen molar-refractivity contribution in [2.75, 3.05) is 30.3 Å². The lowest BCUT2D eigenvalue weighted by molar-refractivity contribution is 0.0518. The Morgan fingerprint density at radius 2 is 2.06 bits per heavy atom. The fourth-order valence-electron chi connectivity index (χ4n) is 4.85. The van der Waals surface area contributed by atoms with Crippen LogP contribution in [0.4, 0.5) is 16.0 Å². The second kappa shape index (κ2) is 9.08. The lowest BCUT2D eigenvalue weighted by Crippen LogP contribution is -2.45. The van der Waals surface area contributed by atoms with Crippen LogP contribution in [0.25, 0.3) is 0 Å². The van der Waals surface area contributed by atoms with E-state index in [4.69, 9.17) is 21.2 Å². The number of halogens is 1. The maximum Gasteiger partial charge on any atom is 0.360 e. The minimum absolute atomic E-state index is 0.0682. The average molecular weight is 499 g/mol. The normalized spacial score (nSPS) is 18.6. The number of pyridine rings is 1. The van der Waals surface area contributed by atoms with Gasteiger partial charge in [-0.2, -0.15) is 5.10 Å². The van der Waals surface area contributed by atoms with Crippen molar-refractivity contribution in [3.8, 4) is 0 Å². The molecule has 0 unspecified atom stereocenters. The number of nitrogen functional groups attached to an aromatic ring is 1. The van der Waals surface area contributed by atoms with Crippen LogP contribution in [0.1, 0.15) is 47.7 Å². The molecule has 1 spiro atoms. The Morgan fingerprint density at radius 3 is 2.77 bits per heavy atom. The molecular formula is C23H27FN8O2S. The molecule has 1 saturated heterocycles. The van der Waals surface area contributed by atoms with Gasteiger partial charge in [0.2, 0.25) is 0 Å². The van der Waals surface area contributed by atoms with Gasteiger partial charge in [-0.25, -0.2) is 24.1 Å². The topological polar surface area (TPSA) is 138 Å². The number of carbonyl (C=O) groups excluding carboxylic acids is 1. The fourth-order valence-corrected chi connectivity index (χ4v) is 5.71. The highest BCUT2D eigenvalue weighted by atomic mass is 32.2. The van der Waals surface area contributed by atoms with E-state index in [2.05, 4.69) is 20.0 Å². The molecule has 1 fully saturated rings. The third kappa shape index (κ3) is 4.10. The van der Waals surface area contributed by atoms with Crippen LogP contribution in [0.3, 0.4) is 0 Å². The van der Waals surface area contributed by atoms with E-state index >= 15 is 0 Å². The van der Waals surface area contributed by atoms with E-state index in [0.29, 0.717) is 29.6 Å². The van der Waals surface area contributed by atoms with Gasteiger partial charge in [0.1, 0.15) is 5.03 Å². The van der Waals surface area contributed by atoms with Gasteiger partial charge >= 0.3 is 5.97 Å². The summed E-state index contributed by atoms with van der Waals surface area (Å²) in [6.07, 6.45) is 4.87. The number of anilines is 2. The summed E-state index contributed by atoms with van der Waals surface area (Å²) in [5.41, 5.74) is 13.9. The Hall–Kier alpha value is -3.25.